The Balaban J connectivity index is 1.57. The van der Waals surface area contributed by atoms with Gasteiger partial charge in [0.15, 0.2) is 5.78 Å². The van der Waals surface area contributed by atoms with Crippen molar-refractivity contribution in [2.45, 2.75) is 46.1 Å². The Morgan fingerprint density at radius 2 is 1.86 bits per heavy atom. The average Bonchev–Trinajstić information content (AvgIpc) is 3.13. The summed E-state index contributed by atoms with van der Waals surface area (Å²) >= 11 is 0. The lowest BCUT2D eigenvalue weighted by molar-refractivity contribution is -0.696. The van der Waals surface area contributed by atoms with E-state index in [1.807, 2.05) is 35.4 Å². The Hall–Kier alpha value is -2.95. The first kappa shape index (κ1) is 20.8. The summed E-state index contributed by atoms with van der Waals surface area (Å²) in [4.78, 5) is 11.8. The standard InChI is InChI=1S/C24H28FN2O2/c1-18(28)23-21(25)7-5-8-22(23)27-15-14-26(17-27)13-6-16-29-20-11-9-19(10-12-20)24(2,3)4/h5,7-12,14-15,17H,6,13,16H2,1-4H3/q+1. The summed E-state index contributed by atoms with van der Waals surface area (Å²) in [6, 6.07) is 12.9. The fourth-order valence-electron chi connectivity index (χ4n) is 3.23. The molecule has 1 aromatic heterocycles. The predicted octanol–water partition coefficient (Wildman–Crippen LogP) is 4.87. The summed E-state index contributed by atoms with van der Waals surface area (Å²) in [5, 5.41) is 0. The monoisotopic (exact) mass is 395 g/mol. The molecule has 0 N–H and O–H groups in total. The number of imidazole rings is 1. The van der Waals surface area contributed by atoms with E-state index in [4.69, 9.17) is 4.74 Å². The van der Waals surface area contributed by atoms with Gasteiger partial charge in [-0.1, -0.05) is 39.0 Å². The molecular formula is C24H28FN2O2+. The maximum atomic E-state index is 14.0. The molecule has 0 unspecified atom stereocenters. The van der Waals surface area contributed by atoms with Crippen LogP contribution in [0.4, 0.5) is 4.39 Å². The van der Waals surface area contributed by atoms with Crippen LogP contribution in [0.1, 0.15) is 50.0 Å². The molecule has 0 aliphatic carbocycles. The molecule has 0 radical (unpaired) electrons. The second-order valence-corrected chi connectivity index (χ2v) is 8.23. The van der Waals surface area contributed by atoms with E-state index in [1.165, 1.54) is 18.6 Å². The molecule has 0 atom stereocenters. The fourth-order valence-corrected chi connectivity index (χ4v) is 3.23. The Morgan fingerprint density at radius 3 is 2.52 bits per heavy atom. The zero-order valence-electron chi connectivity index (χ0n) is 17.5. The van der Waals surface area contributed by atoms with E-state index in [0.29, 0.717) is 12.3 Å². The number of aromatic nitrogens is 2. The van der Waals surface area contributed by atoms with Gasteiger partial charge in [-0.05, 0) is 42.2 Å². The third-order valence-corrected chi connectivity index (χ3v) is 4.86. The van der Waals surface area contributed by atoms with Crippen molar-refractivity contribution in [2.24, 2.45) is 0 Å². The van der Waals surface area contributed by atoms with E-state index in [9.17, 15) is 9.18 Å². The maximum Gasteiger partial charge on any atom is 0.248 e. The second-order valence-electron chi connectivity index (χ2n) is 8.23. The Labute approximate surface area is 171 Å². The lowest BCUT2D eigenvalue weighted by Crippen LogP contribution is -2.31. The molecule has 0 aliphatic rings. The number of aryl methyl sites for hydroxylation is 1. The van der Waals surface area contributed by atoms with Crippen LogP contribution in [0.25, 0.3) is 5.69 Å². The summed E-state index contributed by atoms with van der Waals surface area (Å²) < 4.78 is 23.6. The molecule has 0 spiro atoms. The third-order valence-electron chi connectivity index (χ3n) is 4.86. The van der Waals surface area contributed by atoms with Gasteiger partial charge in [0.05, 0.1) is 13.2 Å². The maximum absolute atomic E-state index is 14.0. The molecule has 0 saturated heterocycles. The normalized spacial score (nSPS) is 11.5. The van der Waals surface area contributed by atoms with Crippen molar-refractivity contribution in [1.82, 2.24) is 4.57 Å². The molecule has 5 heteroatoms. The van der Waals surface area contributed by atoms with Gasteiger partial charge >= 0.3 is 0 Å². The largest absolute Gasteiger partial charge is 0.493 e. The van der Waals surface area contributed by atoms with E-state index < -0.39 is 5.82 Å². The lowest BCUT2D eigenvalue weighted by Gasteiger charge is -2.19. The predicted molar refractivity (Wildman–Crippen MR) is 111 cm³/mol. The van der Waals surface area contributed by atoms with Crippen molar-refractivity contribution in [2.75, 3.05) is 6.61 Å². The van der Waals surface area contributed by atoms with E-state index in [2.05, 4.69) is 32.9 Å². The minimum atomic E-state index is -0.499. The highest BCUT2D eigenvalue weighted by Gasteiger charge is 2.18. The topological polar surface area (TPSA) is 35.1 Å². The van der Waals surface area contributed by atoms with Crippen LogP contribution in [0.5, 0.6) is 5.75 Å². The van der Waals surface area contributed by atoms with Crippen molar-refractivity contribution in [3.8, 4) is 11.4 Å². The number of benzene rings is 2. The van der Waals surface area contributed by atoms with Gasteiger partial charge < -0.3 is 4.74 Å². The zero-order chi connectivity index (χ0) is 21.0. The molecule has 152 valence electrons. The van der Waals surface area contributed by atoms with Gasteiger partial charge in [-0.25, -0.2) is 13.5 Å². The molecule has 1 heterocycles. The molecule has 29 heavy (non-hydrogen) atoms. The number of carbonyl (C=O) groups excluding carboxylic acids is 1. The average molecular weight is 395 g/mol. The molecule has 0 aliphatic heterocycles. The molecule has 3 aromatic rings. The van der Waals surface area contributed by atoms with Gasteiger partial charge in [-0.15, -0.1) is 0 Å². The highest BCUT2D eigenvalue weighted by atomic mass is 19.1. The molecule has 0 bridgehead atoms. The number of ether oxygens (including phenoxy) is 1. The fraction of sp³-hybridized carbons (Fsp3) is 0.333. The summed E-state index contributed by atoms with van der Waals surface area (Å²) in [7, 11) is 0. The van der Waals surface area contributed by atoms with Gasteiger partial charge in [0.25, 0.3) is 0 Å². The highest BCUT2D eigenvalue weighted by Crippen LogP contribution is 2.24. The van der Waals surface area contributed by atoms with Crippen LogP contribution in [0, 0.1) is 5.82 Å². The van der Waals surface area contributed by atoms with Crippen molar-refractivity contribution >= 4 is 5.78 Å². The molecular weight excluding hydrogens is 367 g/mol. The van der Waals surface area contributed by atoms with Crippen LogP contribution in [-0.4, -0.2) is 17.0 Å². The van der Waals surface area contributed by atoms with Crippen LogP contribution in [0.2, 0.25) is 0 Å². The van der Waals surface area contributed by atoms with Crippen molar-refractivity contribution < 1.29 is 18.5 Å². The summed E-state index contributed by atoms with van der Waals surface area (Å²) in [5.74, 6) is 0.0804. The smallest absolute Gasteiger partial charge is 0.248 e. The van der Waals surface area contributed by atoms with Crippen molar-refractivity contribution in [1.29, 1.82) is 0 Å². The van der Waals surface area contributed by atoms with Crippen molar-refractivity contribution in [3.05, 3.63) is 78.1 Å². The molecule has 3 rings (SSSR count). The number of Topliss-reactive ketones (excluding diaryl/α,β-unsaturated/α-hetero) is 1. The van der Waals surface area contributed by atoms with Gasteiger partial charge in [0, 0.05) is 6.42 Å². The van der Waals surface area contributed by atoms with Gasteiger partial charge in [-0.3, -0.25) is 4.79 Å². The van der Waals surface area contributed by atoms with Gasteiger partial charge in [-0.2, -0.15) is 0 Å². The summed E-state index contributed by atoms with van der Waals surface area (Å²) in [6.45, 7) is 9.31. The first-order valence-corrected chi connectivity index (χ1v) is 9.86. The zero-order valence-corrected chi connectivity index (χ0v) is 17.5. The number of halogens is 1. The SMILES string of the molecule is CC(=O)c1c(F)cccc1-n1cc[n+](CCCOc2ccc(C(C)(C)C)cc2)c1. The van der Waals surface area contributed by atoms with Crippen LogP contribution >= 0.6 is 0 Å². The Morgan fingerprint density at radius 1 is 1.14 bits per heavy atom. The van der Waals surface area contributed by atoms with Crippen LogP contribution in [0.3, 0.4) is 0 Å². The second kappa shape index (κ2) is 8.60. The quantitative estimate of drug-likeness (QED) is 0.325. The third kappa shape index (κ3) is 5.11. The number of ketones is 1. The number of carbonyl (C=O) groups is 1. The van der Waals surface area contributed by atoms with Crippen LogP contribution < -0.4 is 9.30 Å². The van der Waals surface area contributed by atoms with Crippen molar-refractivity contribution in [3.63, 3.8) is 0 Å². The molecule has 0 saturated carbocycles. The van der Waals surface area contributed by atoms with Crippen LogP contribution in [0.15, 0.2) is 61.2 Å². The van der Waals surface area contributed by atoms with Crippen LogP contribution in [-0.2, 0) is 12.0 Å². The number of hydrogen-bond acceptors (Lipinski definition) is 2. The van der Waals surface area contributed by atoms with E-state index in [0.717, 1.165) is 18.7 Å². The molecule has 4 nitrogen and oxygen atoms in total. The Bertz CT molecular complexity index is 985. The van der Waals surface area contributed by atoms with E-state index in [1.54, 1.807) is 16.7 Å². The first-order valence-electron chi connectivity index (χ1n) is 9.86. The summed E-state index contributed by atoms with van der Waals surface area (Å²) in [6.07, 6.45) is 6.43. The number of hydrogen-bond donors (Lipinski definition) is 0. The Kier molecular flexibility index (Phi) is 6.16. The molecule has 0 fully saturated rings. The first-order chi connectivity index (χ1) is 13.8. The number of nitrogens with zero attached hydrogens (tertiary/aromatic N) is 2. The minimum Gasteiger partial charge on any atom is -0.493 e. The van der Waals surface area contributed by atoms with Gasteiger partial charge in [0.2, 0.25) is 6.33 Å². The number of rotatable bonds is 7. The van der Waals surface area contributed by atoms with Gasteiger partial charge in [0.1, 0.15) is 35.2 Å². The summed E-state index contributed by atoms with van der Waals surface area (Å²) in [5.41, 5.74) is 2.07. The van der Waals surface area contributed by atoms with E-state index >= 15 is 0 Å². The lowest BCUT2D eigenvalue weighted by atomic mass is 9.87. The van der Waals surface area contributed by atoms with E-state index in [-0.39, 0.29) is 16.8 Å². The molecule has 0 amide bonds. The minimum absolute atomic E-state index is 0.109. The molecule has 2 aromatic carbocycles. The highest BCUT2D eigenvalue weighted by molar-refractivity contribution is 5.97.